The molecule has 1 N–H and O–H groups in total. The molecule has 74 valence electrons. The Balaban J connectivity index is 2.66. The molecule has 2 aromatic rings. The van der Waals surface area contributed by atoms with Gasteiger partial charge in [0.2, 0.25) is 0 Å². The number of rotatable bonds is 2. The number of halogens is 2. The molecule has 1 aromatic carbocycles. The van der Waals surface area contributed by atoms with E-state index in [1.54, 1.807) is 0 Å². The standard InChI is InChI=1S/C11H11Br2N/c1-2-3-7-6-14-11-9(7)4-8(12)5-10(11)13/h4-6,14H,2-3H2,1H3. The Labute approximate surface area is 100 Å². The fourth-order valence-electron chi connectivity index (χ4n) is 1.69. The second-order valence-electron chi connectivity index (χ2n) is 3.37. The van der Waals surface area contributed by atoms with Crippen LogP contribution in [0.4, 0.5) is 0 Å². The van der Waals surface area contributed by atoms with Crippen LogP contribution in [0.1, 0.15) is 18.9 Å². The molecule has 1 nitrogen and oxygen atoms in total. The monoisotopic (exact) mass is 315 g/mol. The predicted molar refractivity (Wildman–Crippen MR) is 67.7 cm³/mol. The van der Waals surface area contributed by atoms with E-state index >= 15 is 0 Å². The fraction of sp³-hybridized carbons (Fsp3) is 0.273. The number of hydrogen-bond donors (Lipinski definition) is 1. The summed E-state index contributed by atoms with van der Waals surface area (Å²) in [6.45, 7) is 2.20. The van der Waals surface area contributed by atoms with Gasteiger partial charge in [-0.05, 0) is 40.0 Å². The normalized spacial score (nSPS) is 11.1. The van der Waals surface area contributed by atoms with Crippen molar-refractivity contribution in [3.63, 3.8) is 0 Å². The van der Waals surface area contributed by atoms with Crippen molar-refractivity contribution in [3.05, 3.63) is 32.8 Å². The molecule has 0 saturated carbocycles. The van der Waals surface area contributed by atoms with Gasteiger partial charge in [-0.25, -0.2) is 0 Å². The largest absolute Gasteiger partial charge is 0.360 e. The van der Waals surface area contributed by atoms with Crippen LogP contribution in [-0.2, 0) is 6.42 Å². The van der Waals surface area contributed by atoms with Gasteiger partial charge >= 0.3 is 0 Å². The molecule has 14 heavy (non-hydrogen) atoms. The maximum absolute atomic E-state index is 3.55. The zero-order chi connectivity index (χ0) is 10.1. The highest BCUT2D eigenvalue weighted by atomic mass is 79.9. The van der Waals surface area contributed by atoms with Crippen molar-refractivity contribution in [1.29, 1.82) is 0 Å². The zero-order valence-corrected chi connectivity index (χ0v) is 11.1. The van der Waals surface area contributed by atoms with Gasteiger partial charge in [-0.15, -0.1) is 0 Å². The molecule has 0 aliphatic heterocycles. The molecule has 0 bridgehead atoms. The smallest absolute Gasteiger partial charge is 0.0601 e. The van der Waals surface area contributed by atoms with Crippen molar-refractivity contribution in [2.75, 3.05) is 0 Å². The number of aromatic nitrogens is 1. The van der Waals surface area contributed by atoms with Gasteiger partial charge in [0.05, 0.1) is 5.52 Å². The molecule has 1 aromatic heterocycles. The van der Waals surface area contributed by atoms with E-state index in [1.807, 2.05) is 0 Å². The van der Waals surface area contributed by atoms with Gasteiger partial charge in [0.15, 0.2) is 0 Å². The number of fused-ring (bicyclic) bond motifs is 1. The van der Waals surface area contributed by atoms with Crippen molar-refractivity contribution in [2.24, 2.45) is 0 Å². The minimum absolute atomic E-state index is 1.12. The number of benzene rings is 1. The van der Waals surface area contributed by atoms with Crippen LogP contribution >= 0.6 is 31.9 Å². The second kappa shape index (κ2) is 4.07. The molecule has 0 unspecified atom stereocenters. The lowest BCUT2D eigenvalue weighted by atomic mass is 10.1. The Morgan fingerprint density at radius 1 is 1.29 bits per heavy atom. The molecule has 0 spiro atoms. The molecule has 0 fully saturated rings. The third kappa shape index (κ3) is 1.75. The summed E-state index contributed by atoms with van der Waals surface area (Å²) in [4.78, 5) is 3.30. The Bertz CT molecular complexity index is 460. The summed E-state index contributed by atoms with van der Waals surface area (Å²) in [7, 11) is 0. The Morgan fingerprint density at radius 2 is 2.07 bits per heavy atom. The van der Waals surface area contributed by atoms with Gasteiger partial charge in [-0.2, -0.15) is 0 Å². The average molecular weight is 317 g/mol. The van der Waals surface area contributed by atoms with Crippen LogP contribution in [0.25, 0.3) is 10.9 Å². The van der Waals surface area contributed by atoms with E-state index in [0.29, 0.717) is 0 Å². The predicted octanol–water partition coefficient (Wildman–Crippen LogP) is 4.65. The molecule has 0 radical (unpaired) electrons. The molecule has 0 aliphatic rings. The number of nitrogens with one attached hydrogen (secondary N) is 1. The summed E-state index contributed by atoms with van der Waals surface area (Å²) >= 11 is 7.06. The van der Waals surface area contributed by atoms with E-state index in [9.17, 15) is 0 Å². The SMILES string of the molecule is CCCc1c[nH]c2c(Br)cc(Br)cc12. The first-order valence-electron chi connectivity index (χ1n) is 4.67. The first-order chi connectivity index (χ1) is 6.72. The number of aromatic amines is 1. The van der Waals surface area contributed by atoms with Crippen molar-refractivity contribution in [1.82, 2.24) is 4.98 Å². The second-order valence-corrected chi connectivity index (χ2v) is 5.14. The molecule has 2 rings (SSSR count). The highest BCUT2D eigenvalue weighted by molar-refractivity contribution is 9.11. The van der Waals surface area contributed by atoms with E-state index in [4.69, 9.17) is 0 Å². The van der Waals surface area contributed by atoms with E-state index < -0.39 is 0 Å². The molecular formula is C11H11Br2N. The van der Waals surface area contributed by atoms with Gasteiger partial charge < -0.3 is 4.98 Å². The number of H-pyrrole nitrogens is 1. The molecule has 3 heteroatoms. The van der Waals surface area contributed by atoms with Gasteiger partial charge in [-0.3, -0.25) is 0 Å². The van der Waals surface area contributed by atoms with Crippen LogP contribution in [0.5, 0.6) is 0 Å². The van der Waals surface area contributed by atoms with Crippen LogP contribution in [0, 0.1) is 0 Å². The van der Waals surface area contributed by atoms with Crippen LogP contribution in [0.15, 0.2) is 27.3 Å². The van der Waals surface area contributed by atoms with E-state index in [0.717, 1.165) is 15.4 Å². The summed E-state index contributed by atoms with van der Waals surface area (Å²) < 4.78 is 2.23. The van der Waals surface area contributed by atoms with Crippen molar-refractivity contribution in [2.45, 2.75) is 19.8 Å². The van der Waals surface area contributed by atoms with Gasteiger partial charge in [-0.1, -0.05) is 29.3 Å². The minimum Gasteiger partial charge on any atom is -0.360 e. The van der Waals surface area contributed by atoms with Crippen LogP contribution in [0.3, 0.4) is 0 Å². The quantitative estimate of drug-likeness (QED) is 0.830. The summed E-state index contributed by atoms with van der Waals surface area (Å²) in [6, 6.07) is 4.23. The Kier molecular flexibility index (Phi) is 2.98. The molecule has 0 saturated heterocycles. The third-order valence-corrected chi connectivity index (χ3v) is 3.39. The fourth-order valence-corrected chi connectivity index (χ4v) is 3.03. The average Bonchev–Trinajstić information content (AvgIpc) is 2.49. The molecular weight excluding hydrogens is 306 g/mol. The van der Waals surface area contributed by atoms with Crippen molar-refractivity contribution in [3.8, 4) is 0 Å². The van der Waals surface area contributed by atoms with Gasteiger partial charge in [0, 0.05) is 20.5 Å². The molecule has 0 aliphatic carbocycles. The lowest BCUT2D eigenvalue weighted by Crippen LogP contribution is -1.79. The zero-order valence-electron chi connectivity index (χ0n) is 7.90. The minimum atomic E-state index is 1.12. The molecule has 0 amide bonds. The Hall–Kier alpha value is -0.280. The summed E-state index contributed by atoms with van der Waals surface area (Å²) in [5.74, 6) is 0. The van der Waals surface area contributed by atoms with Crippen molar-refractivity contribution >= 4 is 42.8 Å². The highest BCUT2D eigenvalue weighted by Crippen LogP contribution is 2.30. The van der Waals surface area contributed by atoms with Crippen LogP contribution in [-0.4, -0.2) is 4.98 Å². The first kappa shape index (κ1) is 10.2. The highest BCUT2D eigenvalue weighted by Gasteiger charge is 2.06. The topological polar surface area (TPSA) is 15.8 Å². The maximum atomic E-state index is 3.55. The summed E-state index contributed by atoms with van der Waals surface area (Å²) in [6.07, 6.45) is 4.41. The summed E-state index contributed by atoms with van der Waals surface area (Å²) in [5.41, 5.74) is 2.58. The Morgan fingerprint density at radius 3 is 2.79 bits per heavy atom. The van der Waals surface area contributed by atoms with Crippen molar-refractivity contribution < 1.29 is 0 Å². The van der Waals surface area contributed by atoms with Gasteiger partial charge in [0.25, 0.3) is 0 Å². The first-order valence-corrected chi connectivity index (χ1v) is 6.26. The number of hydrogen-bond acceptors (Lipinski definition) is 0. The van der Waals surface area contributed by atoms with Crippen LogP contribution < -0.4 is 0 Å². The summed E-state index contributed by atoms with van der Waals surface area (Å²) in [5, 5.41) is 1.31. The molecule has 0 atom stereocenters. The third-order valence-electron chi connectivity index (χ3n) is 2.31. The van der Waals surface area contributed by atoms with Gasteiger partial charge in [0.1, 0.15) is 0 Å². The van der Waals surface area contributed by atoms with Crippen LogP contribution in [0.2, 0.25) is 0 Å². The molecule has 1 heterocycles. The van der Waals surface area contributed by atoms with E-state index in [-0.39, 0.29) is 0 Å². The van der Waals surface area contributed by atoms with E-state index in [2.05, 4.69) is 62.1 Å². The lowest BCUT2D eigenvalue weighted by Gasteiger charge is -1.99. The lowest BCUT2D eigenvalue weighted by molar-refractivity contribution is 0.929. The maximum Gasteiger partial charge on any atom is 0.0601 e. The number of aryl methyl sites for hydroxylation is 1. The van der Waals surface area contributed by atoms with E-state index in [1.165, 1.54) is 22.9 Å².